The summed E-state index contributed by atoms with van der Waals surface area (Å²) in [6.45, 7) is 8.70. The Morgan fingerprint density at radius 3 is 2.47 bits per heavy atom. The molecule has 2 heterocycles. The second kappa shape index (κ2) is 13.9. The standard InChI is InChI=1S/C33H42FN5O4/c1-22(35-5)30(40)36-29(33(2,3)4)32(42)39-18-9-12-26(39)21-38(19-17-23-13-15-25(34)16-14-23)31(41)27-20-28(43-37-27)24-10-7-6-8-11-24/h6-8,10-11,13-16,20,22,26,29,35H,9,12,17-19,21H2,1-5H3,(H,36,40). The first-order valence-electron chi connectivity index (χ1n) is 14.8. The maximum absolute atomic E-state index is 14.0. The van der Waals surface area contributed by atoms with Gasteiger partial charge >= 0.3 is 0 Å². The zero-order valence-corrected chi connectivity index (χ0v) is 25.6. The lowest BCUT2D eigenvalue weighted by Crippen LogP contribution is -2.59. The Labute approximate surface area is 252 Å². The molecular formula is C33H42FN5O4. The molecule has 9 nitrogen and oxygen atoms in total. The minimum absolute atomic E-state index is 0.162. The molecule has 3 unspecified atom stereocenters. The number of halogens is 1. The van der Waals surface area contributed by atoms with E-state index in [1.807, 2.05) is 51.1 Å². The number of likely N-dealkylation sites (tertiary alicyclic amines) is 1. The highest BCUT2D eigenvalue weighted by Gasteiger charge is 2.41. The van der Waals surface area contributed by atoms with E-state index in [1.165, 1.54) is 12.1 Å². The van der Waals surface area contributed by atoms with Crippen molar-refractivity contribution < 1.29 is 23.3 Å². The summed E-state index contributed by atoms with van der Waals surface area (Å²) < 4.78 is 19.0. The Kier molecular flexibility index (Phi) is 10.3. The Bertz CT molecular complexity index is 1390. The van der Waals surface area contributed by atoms with E-state index in [1.54, 1.807) is 42.0 Å². The van der Waals surface area contributed by atoms with E-state index in [4.69, 9.17) is 4.52 Å². The van der Waals surface area contributed by atoms with Gasteiger partial charge < -0.3 is 25.0 Å². The maximum Gasteiger partial charge on any atom is 0.276 e. The molecule has 3 amide bonds. The van der Waals surface area contributed by atoms with Crippen molar-refractivity contribution in [3.63, 3.8) is 0 Å². The number of hydrogen-bond acceptors (Lipinski definition) is 6. The highest BCUT2D eigenvalue weighted by atomic mass is 19.1. The van der Waals surface area contributed by atoms with Gasteiger partial charge in [0.15, 0.2) is 11.5 Å². The molecule has 0 aliphatic carbocycles. The van der Waals surface area contributed by atoms with Crippen molar-refractivity contribution in [2.75, 3.05) is 26.7 Å². The fourth-order valence-electron chi connectivity index (χ4n) is 5.25. The predicted molar refractivity (Wildman–Crippen MR) is 163 cm³/mol. The first kappa shape index (κ1) is 31.9. The Hall–Kier alpha value is -4.05. The molecule has 0 saturated carbocycles. The van der Waals surface area contributed by atoms with E-state index in [9.17, 15) is 18.8 Å². The monoisotopic (exact) mass is 591 g/mol. The summed E-state index contributed by atoms with van der Waals surface area (Å²) in [6, 6.07) is 15.8. The molecule has 43 heavy (non-hydrogen) atoms. The molecular weight excluding hydrogens is 549 g/mol. The van der Waals surface area contributed by atoms with Crippen LogP contribution in [-0.4, -0.2) is 77.5 Å². The molecule has 2 aromatic carbocycles. The molecule has 0 spiro atoms. The molecule has 0 radical (unpaired) electrons. The van der Waals surface area contributed by atoms with E-state index in [0.29, 0.717) is 25.3 Å². The molecule has 230 valence electrons. The van der Waals surface area contributed by atoms with E-state index in [2.05, 4.69) is 15.8 Å². The van der Waals surface area contributed by atoms with Crippen LogP contribution in [0, 0.1) is 11.2 Å². The molecule has 4 rings (SSSR count). The van der Waals surface area contributed by atoms with Gasteiger partial charge in [-0.3, -0.25) is 14.4 Å². The molecule has 3 atom stereocenters. The second-order valence-corrected chi connectivity index (χ2v) is 12.2. The Balaban J connectivity index is 1.56. The van der Waals surface area contributed by atoms with Gasteiger partial charge in [-0.1, -0.05) is 68.4 Å². The quantitative estimate of drug-likeness (QED) is 0.345. The van der Waals surface area contributed by atoms with Crippen LogP contribution in [0.4, 0.5) is 4.39 Å². The highest BCUT2D eigenvalue weighted by molar-refractivity contribution is 5.93. The normalized spacial score (nSPS) is 16.5. The smallest absolute Gasteiger partial charge is 0.276 e. The van der Waals surface area contributed by atoms with E-state index < -0.39 is 17.5 Å². The number of benzene rings is 2. The lowest BCUT2D eigenvalue weighted by molar-refractivity contribution is -0.140. The van der Waals surface area contributed by atoms with Gasteiger partial charge in [0.1, 0.15) is 11.9 Å². The number of rotatable bonds is 11. The summed E-state index contributed by atoms with van der Waals surface area (Å²) in [7, 11) is 1.70. The predicted octanol–water partition coefficient (Wildman–Crippen LogP) is 4.30. The highest BCUT2D eigenvalue weighted by Crippen LogP contribution is 2.27. The zero-order valence-electron chi connectivity index (χ0n) is 25.6. The molecule has 2 N–H and O–H groups in total. The van der Waals surface area contributed by atoms with Gasteiger partial charge in [0.05, 0.1) is 6.04 Å². The Morgan fingerprint density at radius 1 is 1.12 bits per heavy atom. The van der Waals surface area contributed by atoms with Crippen LogP contribution in [0.3, 0.4) is 0 Å². The van der Waals surface area contributed by atoms with Crippen LogP contribution in [0.2, 0.25) is 0 Å². The van der Waals surface area contributed by atoms with Crippen molar-refractivity contribution in [2.24, 2.45) is 5.41 Å². The molecule has 1 saturated heterocycles. The molecule has 1 aliphatic rings. The fraction of sp³-hybridized carbons (Fsp3) is 0.455. The van der Waals surface area contributed by atoms with Crippen LogP contribution in [0.1, 0.15) is 56.6 Å². The lowest BCUT2D eigenvalue weighted by Gasteiger charge is -2.37. The summed E-state index contributed by atoms with van der Waals surface area (Å²) in [5.41, 5.74) is 1.34. The number of carbonyl (C=O) groups excluding carboxylic acids is 3. The van der Waals surface area contributed by atoms with Crippen molar-refractivity contribution in [2.45, 2.75) is 65.1 Å². The third-order valence-corrected chi connectivity index (χ3v) is 7.98. The molecule has 1 fully saturated rings. The Morgan fingerprint density at radius 2 is 1.81 bits per heavy atom. The van der Waals surface area contributed by atoms with Crippen LogP contribution in [0.15, 0.2) is 65.2 Å². The molecule has 0 bridgehead atoms. The maximum atomic E-state index is 14.0. The topological polar surface area (TPSA) is 108 Å². The third kappa shape index (κ3) is 8.07. The van der Waals surface area contributed by atoms with Crippen LogP contribution >= 0.6 is 0 Å². The molecule has 3 aromatic rings. The number of nitrogens with zero attached hydrogens (tertiary/aromatic N) is 3. The third-order valence-electron chi connectivity index (χ3n) is 7.98. The minimum atomic E-state index is -0.733. The summed E-state index contributed by atoms with van der Waals surface area (Å²) in [6.07, 6.45) is 2.01. The van der Waals surface area contributed by atoms with Crippen LogP contribution < -0.4 is 10.6 Å². The van der Waals surface area contributed by atoms with Gasteiger partial charge in [0.25, 0.3) is 5.91 Å². The second-order valence-electron chi connectivity index (χ2n) is 12.2. The molecule has 1 aliphatic heterocycles. The number of likely N-dealkylation sites (N-methyl/N-ethyl adjacent to an activating group) is 1. The van der Waals surface area contributed by atoms with Crippen molar-refractivity contribution in [3.8, 4) is 11.3 Å². The van der Waals surface area contributed by atoms with Crippen LogP contribution in [0.5, 0.6) is 0 Å². The van der Waals surface area contributed by atoms with Crippen LogP contribution in [-0.2, 0) is 16.0 Å². The first-order chi connectivity index (χ1) is 20.5. The van der Waals surface area contributed by atoms with E-state index in [-0.39, 0.29) is 41.8 Å². The SMILES string of the molecule is CNC(C)C(=O)NC(C(=O)N1CCCC1CN(CCc1ccc(F)cc1)C(=O)c1cc(-c2ccccc2)on1)C(C)(C)C. The van der Waals surface area contributed by atoms with Gasteiger partial charge in [-0.05, 0) is 56.3 Å². The minimum Gasteiger partial charge on any atom is -0.355 e. The summed E-state index contributed by atoms with van der Waals surface area (Å²) in [5.74, 6) is -0.554. The number of hydrogen-bond donors (Lipinski definition) is 2. The van der Waals surface area contributed by atoms with Gasteiger partial charge in [0.2, 0.25) is 11.8 Å². The van der Waals surface area contributed by atoms with Gasteiger partial charge in [0, 0.05) is 37.3 Å². The summed E-state index contributed by atoms with van der Waals surface area (Å²) in [5, 5.41) is 9.95. The van der Waals surface area contributed by atoms with E-state index >= 15 is 0 Å². The average Bonchev–Trinajstić information content (AvgIpc) is 3.68. The van der Waals surface area contributed by atoms with E-state index in [0.717, 1.165) is 24.0 Å². The summed E-state index contributed by atoms with van der Waals surface area (Å²) >= 11 is 0. The van der Waals surface area contributed by atoms with Gasteiger partial charge in [-0.25, -0.2) is 4.39 Å². The van der Waals surface area contributed by atoms with Crippen molar-refractivity contribution in [1.82, 2.24) is 25.6 Å². The molecule has 10 heteroatoms. The number of nitrogens with one attached hydrogen (secondary N) is 2. The van der Waals surface area contributed by atoms with Crippen molar-refractivity contribution in [3.05, 3.63) is 77.7 Å². The van der Waals surface area contributed by atoms with Crippen molar-refractivity contribution >= 4 is 17.7 Å². The summed E-state index contributed by atoms with van der Waals surface area (Å²) in [4.78, 5) is 44.1. The number of amides is 3. The van der Waals surface area contributed by atoms with Gasteiger partial charge in [-0.2, -0.15) is 0 Å². The number of aromatic nitrogens is 1. The molecule has 1 aromatic heterocycles. The van der Waals surface area contributed by atoms with Crippen molar-refractivity contribution in [1.29, 1.82) is 0 Å². The largest absolute Gasteiger partial charge is 0.355 e. The number of carbonyl (C=O) groups is 3. The van der Waals surface area contributed by atoms with Crippen LogP contribution in [0.25, 0.3) is 11.3 Å². The fourth-order valence-corrected chi connectivity index (χ4v) is 5.25. The zero-order chi connectivity index (χ0) is 31.1. The lowest BCUT2D eigenvalue weighted by atomic mass is 9.85. The van der Waals surface area contributed by atoms with Gasteiger partial charge in [-0.15, -0.1) is 0 Å². The average molecular weight is 592 g/mol. The first-order valence-corrected chi connectivity index (χ1v) is 14.8.